The highest BCUT2D eigenvalue weighted by molar-refractivity contribution is 5.83. The lowest BCUT2D eigenvalue weighted by Gasteiger charge is -2.27. The number of para-hydroxylation sites is 1. The van der Waals surface area contributed by atoms with Gasteiger partial charge in [0.25, 0.3) is 0 Å². The molecule has 5 nitrogen and oxygen atoms in total. The largest absolute Gasteiger partial charge is 0.324 e. The van der Waals surface area contributed by atoms with Crippen LogP contribution in [0.2, 0.25) is 0 Å². The van der Waals surface area contributed by atoms with Crippen LogP contribution in [0.15, 0.2) is 47.5 Å². The summed E-state index contributed by atoms with van der Waals surface area (Å²) in [5, 5.41) is 0.717. The molecule has 3 aromatic heterocycles. The Balaban J connectivity index is 1.72. The maximum atomic E-state index is 14.1. The van der Waals surface area contributed by atoms with Gasteiger partial charge in [-0.3, -0.25) is 9.78 Å². The summed E-state index contributed by atoms with van der Waals surface area (Å²) in [5.41, 5.74) is 3.59. The van der Waals surface area contributed by atoms with E-state index in [-0.39, 0.29) is 11.1 Å². The number of hydrogen-bond donors (Lipinski definition) is 1. The van der Waals surface area contributed by atoms with Crippen molar-refractivity contribution in [3.8, 4) is 0 Å². The Hall–Kier alpha value is -3.02. The fraction of sp³-hybridized carbons (Fsp3) is 0.250. The van der Waals surface area contributed by atoms with E-state index in [0.717, 1.165) is 35.0 Å². The fourth-order valence-electron chi connectivity index (χ4n) is 3.82. The molecule has 0 spiro atoms. The second kappa shape index (κ2) is 5.76. The molecule has 1 aliphatic carbocycles. The van der Waals surface area contributed by atoms with Crippen molar-refractivity contribution in [1.82, 2.24) is 19.5 Å². The van der Waals surface area contributed by atoms with E-state index in [1.165, 1.54) is 18.2 Å². The molecule has 6 heteroatoms. The van der Waals surface area contributed by atoms with E-state index in [1.54, 1.807) is 24.5 Å². The molecule has 0 unspecified atom stereocenters. The molecule has 0 radical (unpaired) electrons. The number of H-pyrrole nitrogens is 1. The molecule has 0 bridgehead atoms. The first-order chi connectivity index (χ1) is 12.7. The SMILES string of the molecule is O=c1cc(Cn2c(C3CCC3)cc3nccnc32)c2cccc(F)c2[nH]1. The van der Waals surface area contributed by atoms with E-state index >= 15 is 0 Å². The van der Waals surface area contributed by atoms with E-state index < -0.39 is 5.82 Å². The van der Waals surface area contributed by atoms with Crippen LogP contribution < -0.4 is 5.56 Å². The van der Waals surface area contributed by atoms with Crippen LogP contribution in [-0.4, -0.2) is 19.5 Å². The molecule has 1 aliphatic rings. The first kappa shape index (κ1) is 15.3. The molecule has 5 rings (SSSR count). The van der Waals surface area contributed by atoms with Gasteiger partial charge in [0.15, 0.2) is 5.65 Å². The van der Waals surface area contributed by atoms with Crippen LogP contribution in [0.5, 0.6) is 0 Å². The maximum Gasteiger partial charge on any atom is 0.248 e. The predicted octanol–water partition coefficient (Wildman–Crippen LogP) is 3.73. The number of rotatable bonds is 3. The molecule has 4 aromatic rings. The van der Waals surface area contributed by atoms with Gasteiger partial charge in [-0.25, -0.2) is 9.37 Å². The summed E-state index contributed by atoms with van der Waals surface area (Å²) in [6.45, 7) is 0.470. The second-order valence-corrected chi connectivity index (χ2v) is 6.87. The Labute approximate surface area is 148 Å². The van der Waals surface area contributed by atoms with Crippen molar-refractivity contribution >= 4 is 22.1 Å². The number of nitrogens with zero attached hydrogens (tertiary/aromatic N) is 3. The standard InChI is InChI=1S/C20H17FN4O/c21-15-6-2-5-14-13(9-18(26)24-19(14)15)11-25-17(12-3-1-4-12)10-16-20(25)23-8-7-22-16/h2,5-10,12H,1,3-4,11H2,(H,24,26). The van der Waals surface area contributed by atoms with Gasteiger partial charge in [-0.2, -0.15) is 0 Å². The molecule has 1 aromatic carbocycles. The molecule has 1 N–H and O–H groups in total. The van der Waals surface area contributed by atoms with Crippen LogP contribution in [0.4, 0.5) is 4.39 Å². The Morgan fingerprint density at radius 2 is 2.04 bits per heavy atom. The number of fused-ring (bicyclic) bond motifs is 2. The minimum atomic E-state index is -0.419. The molecule has 3 heterocycles. The molecule has 0 atom stereocenters. The van der Waals surface area contributed by atoms with Gasteiger partial charge in [0.2, 0.25) is 5.56 Å². The number of nitrogens with one attached hydrogen (secondary N) is 1. The Morgan fingerprint density at radius 3 is 2.85 bits per heavy atom. The third-order valence-corrected chi connectivity index (χ3v) is 5.32. The first-order valence-corrected chi connectivity index (χ1v) is 8.81. The molecular weight excluding hydrogens is 331 g/mol. The number of pyridine rings is 1. The molecule has 0 aliphatic heterocycles. The lowest BCUT2D eigenvalue weighted by atomic mass is 9.83. The van der Waals surface area contributed by atoms with Crippen LogP contribution in [-0.2, 0) is 6.54 Å². The van der Waals surface area contributed by atoms with Gasteiger partial charge in [0, 0.05) is 29.5 Å². The summed E-state index contributed by atoms with van der Waals surface area (Å²) in [6, 6.07) is 8.51. The quantitative estimate of drug-likeness (QED) is 0.614. The Morgan fingerprint density at radius 1 is 1.19 bits per heavy atom. The number of halogens is 1. The highest BCUT2D eigenvalue weighted by Gasteiger charge is 2.25. The Kier molecular flexibility index (Phi) is 3.38. The van der Waals surface area contributed by atoms with E-state index in [1.807, 2.05) is 6.07 Å². The summed E-state index contributed by atoms with van der Waals surface area (Å²) < 4.78 is 16.3. The summed E-state index contributed by atoms with van der Waals surface area (Å²) >= 11 is 0. The first-order valence-electron chi connectivity index (χ1n) is 8.81. The lowest BCUT2D eigenvalue weighted by Crippen LogP contribution is -2.16. The van der Waals surface area contributed by atoms with Crippen LogP contribution >= 0.6 is 0 Å². The average Bonchev–Trinajstić information content (AvgIpc) is 2.93. The zero-order valence-corrected chi connectivity index (χ0v) is 14.1. The predicted molar refractivity (Wildman–Crippen MR) is 97.7 cm³/mol. The zero-order chi connectivity index (χ0) is 17.7. The number of benzene rings is 1. The molecule has 130 valence electrons. The normalized spacial score (nSPS) is 14.8. The summed E-state index contributed by atoms with van der Waals surface area (Å²) in [7, 11) is 0. The molecular formula is C20H17FN4O. The average molecular weight is 348 g/mol. The third kappa shape index (κ3) is 2.33. The molecule has 1 fully saturated rings. The van der Waals surface area contributed by atoms with Crippen molar-refractivity contribution in [3.63, 3.8) is 0 Å². The highest BCUT2D eigenvalue weighted by Crippen LogP contribution is 2.38. The maximum absolute atomic E-state index is 14.1. The number of aromatic nitrogens is 4. The van der Waals surface area contributed by atoms with Crippen molar-refractivity contribution < 1.29 is 4.39 Å². The van der Waals surface area contributed by atoms with Crippen molar-refractivity contribution in [3.05, 3.63) is 70.2 Å². The minimum Gasteiger partial charge on any atom is -0.324 e. The zero-order valence-electron chi connectivity index (χ0n) is 14.1. The molecule has 0 amide bonds. The highest BCUT2D eigenvalue weighted by atomic mass is 19.1. The second-order valence-electron chi connectivity index (χ2n) is 6.87. The topological polar surface area (TPSA) is 63.6 Å². The minimum absolute atomic E-state index is 0.253. The van der Waals surface area contributed by atoms with Crippen molar-refractivity contribution in [2.45, 2.75) is 31.7 Å². The van der Waals surface area contributed by atoms with Crippen molar-refractivity contribution in [2.75, 3.05) is 0 Å². The van der Waals surface area contributed by atoms with Crippen LogP contribution in [0, 0.1) is 5.82 Å². The lowest BCUT2D eigenvalue weighted by molar-refractivity contribution is 0.401. The van der Waals surface area contributed by atoms with Gasteiger partial charge < -0.3 is 9.55 Å². The molecule has 0 saturated heterocycles. The van der Waals surface area contributed by atoms with Gasteiger partial charge in [-0.05, 0) is 36.5 Å². The fourth-order valence-corrected chi connectivity index (χ4v) is 3.82. The van der Waals surface area contributed by atoms with E-state index in [4.69, 9.17) is 0 Å². The third-order valence-electron chi connectivity index (χ3n) is 5.32. The van der Waals surface area contributed by atoms with Crippen LogP contribution in [0.3, 0.4) is 0 Å². The van der Waals surface area contributed by atoms with Gasteiger partial charge in [-0.15, -0.1) is 0 Å². The van der Waals surface area contributed by atoms with Gasteiger partial charge in [0.05, 0.1) is 12.1 Å². The van der Waals surface area contributed by atoms with E-state index in [0.29, 0.717) is 12.5 Å². The monoisotopic (exact) mass is 348 g/mol. The van der Waals surface area contributed by atoms with Crippen molar-refractivity contribution in [1.29, 1.82) is 0 Å². The molecule has 26 heavy (non-hydrogen) atoms. The summed E-state index contributed by atoms with van der Waals surface area (Å²) in [5.74, 6) is 0.0776. The van der Waals surface area contributed by atoms with Gasteiger partial charge in [0.1, 0.15) is 11.3 Å². The summed E-state index contributed by atoms with van der Waals surface area (Å²) in [4.78, 5) is 23.6. The van der Waals surface area contributed by atoms with Crippen LogP contribution in [0.1, 0.15) is 36.4 Å². The van der Waals surface area contributed by atoms with Gasteiger partial charge >= 0.3 is 0 Å². The smallest absolute Gasteiger partial charge is 0.248 e. The van der Waals surface area contributed by atoms with Crippen LogP contribution in [0.25, 0.3) is 22.1 Å². The van der Waals surface area contributed by atoms with Gasteiger partial charge in [-0.1, -0.05) is 18.6 Å². The van der Waals surface area contributed by atoms with Crippen molar-refractivity contribution in [2.24, 2.45) is 0 Å². The Bertz CT molecular complexity index is 1190. The van der Waals surface area contributed by atoms with E-state index in [9.17, 15) is 9.18 Å². The summed E-state index contributed by atoms with van der Waals surface area (Å²) in [6.07, 6.45) is 6.91. The molecule has 1 saturated carbocycles. The van der Waals surface area contributed by atoms with E-state index in [2.05, 4.69) is 25.6 Å². The number of aromatic amines is 1. The number of hydrogen-bond acceptors (Lipinski definition) is 3.